The van der Waals surface area contributed by atoms with Crippen LogP contribution in [-0.2, 0) is 6.54 Å². The van der Waals surface area contributed by atoms with Crippen molar-refractivity contribution < 1.29 is 4.79 Å². The van der Waals surface area contributed by atoms with Crippen molar-refractivity contribution in [3.63, 3.8) is 0 Å². The first-order valence-electron chi connectivity index (χ1n) is 12.3. The van der Waals surface area contributed by atoms with Gasteiger partial charge in [-0.1, -0.05) is 0 Å². The molecule has 0 bridgehead atoms. The van der Waals surface area contributed by atoms with Crippen molar-refractivity contribution >= 4 is 37.5 Å². The molecule has 33 heavy (non-hydrogen) atoms. The van der Waals surface area contributed by atoms with Gasteiger partial charge in [0, 0.05) is 0 Å². The Morgan fingerprint density at radius 3 is 2.85 bits per heavy atom. The van der Waals surface area contributed by atoms with E-state index < -0.39 is 20.1 Å². The van der Waals surface area contributed by atoms with Crippen LogP contribution in [-0.4, -0.2) is 72.8 Å². The first kappa shape index (κ1) is 23.0. The molecular formula is C24H36IN7O. The number of likely N-dealkylation sites (tertiary alicyclic amines) is 2. The number of nitrogens with two attached hydrogens (primary N) is 1. The quantitative estimate of drug-likeness (QED) is 0.344. The minimum absolute atomic E-state index is 0.104. The Balaban J connectivity index is 1.36. The molecule has 1 amide bonds. The van der Waals surface area contributed by atoms with Crippen molar-refractivity contribution in [1.29, 1.82) is 0 Å². The summed E-state index contributed by atoms with van der Waals surface area (Å²) in [4.78, 5) is 23.3. The number of aromatic nitrogens is 2. The van der Waals surface area contributed by atoms with Gasteiger partial charge in [-0.3, -0.25) is 0 Å². The number of piperidine rings is 1. The summed E-state index contributed by atoms with van der Waals surface area (Å²) in [5.41, 5.74) is 10.3. The Bertz CT molecular complexity index is 1010. The van der Waals surface area contributed by atoms with E-state index in [9.17, 15) is 4.79 Å². The fourth-order valence-corrected chi connectivity index (χ4v) is 10.2. The predicted molar refractivity (Wildman–Crippen MR) is 141 cm³/mol. The molecule has 4 aliphatic heterocycles. The molecule has 0 saturated carbocycles. The Labute approximate surface area is 204 Å². The number of halogens is 1. The topological polar surface area (TPSA) is 92.1 Å². The summed E-state index contributed by atoms with van der Waals surface area (Å²) < 4.78 is 9.90. The van der Waals surface area contributed by atoms with Gasteiger partial charge in [-0.25, -0.2) is 0 Å². The number of alkyl halides is 1. The summed E-state index contributed by atoms with van der Waals surface area (Å²) >= 11 is -1.70. The second-order valence-corrected chi connectivity index (χ2v) is 14.1. The Morgan fingerprint density at radius 1 is 1.24 bits per heavy atom. The van der Waals surface area contributed by atoms with Crippen LogP contribution in [0.4, 0.5) is 0 Å². The molecule has 9 heteroatoms. The van der Waals surface area contributed by atoms with E-state index in [4.69, 9.17) is 13.9 Å². The standard InChI is InChI=1S/C24H36IN7O/c1-4-9-32-21(12-17(3)29-32)24(33)31-10-6-5-7-20(31)19-13-22-25(28-19)14-16(2)23(27-22)30-11-8-18(26)15-30/h12,14,18,20,22H,4-11,13,15,26H2,1-3H3/t18-,20-,22?/m0/s1. The van der Waals surface area contributed by atoms with Crippen LogP contribution in [0.1, 0.15) is 68.6 Å². The molecule has 2 saturated heterocycles. The van der Waals surface area contributed by atoms with Gasteiger partial charge in [0.05, 0.1) is 0 Å². The normalized spacial score (nSPS) is 28.5. The van der Waals surface area contributed by atoms with E-state index in [0.717, 1.165) is 81.9 Å². The van der Waals surface area contributed by atoms with Gasteiger partial charge in [-0.15, -0.1) is 0 Å². The maximum absolute atomic E-state index is 13.7. The van der Waals surface area contributed by atoms with Crippen molar-refractivity contribution in [2.45, 2.75) is 82.0 Å². The van der Waals surface area contributed by atoms with Gasteiger partial charge in [0.15, 0.2) is 0 Å². The van der Waals surface area contributed by atoms with Gasteiger partial charge >= 0.3 is 205 Å². The van der Waals surface area contributed by atoms with E-state index in [1.54, 1.807) is 0 Å². The van der Waals surface area contributed by atoms with Gasteiger partial charge < -0.3 is 0 Å². The molecule has 0 aliphatic carbocycles. The number of aryl methyl sites for hydroxylation is 2. The predicted octanol–water partition coefficient (Wildman–Crippen LogP) is 3.54. The third-order valence-electron chi connectivity index (χ3n) is 6.96. The number of nitrogens with zero attached hydrogens (tertiary/aromatic N) is 6. The van der Waals surface area contributed by atoms with Crippen LogP contribution in [0.15, 0.2) is 23.9 Å². The van der Waals surface area contributed by atoms with Crippen LogP contribution in [0, 0.1) is 6.92 Å². The monoisotopic (exact) mass is 565 g/mol. The zero-order valence-corrected chi connectivity index (χ0v) is 22.2. The second kappa shape index (κ2) is 9.48. The number of amidine groups is 1. The first-order valence-corrected chi connectivity index (χ1v) is 15.8. The molecular weight excluding hydrogens is 529 g/mol. The zero-order valence-electron chi connectivity index (χ0n) is 20.0. The van der Waals surface area contributed by atoms with Crippen LogP contribution in [0.3, 0.4) is 0 Å². The Kier molecular flexibility index (Phi) is 6.61. The van der Waals surface area contributed by atoms with E-state index in [1.807, 2.05) is 17.7 Å². The van der Waals surface area contributed by atoms with E-state index in [0.29, 0.717) is 4.05 Å². The molecule has 5 heterocycles. The molecule has 0 radical (unpaired) electrons. The van der Waals surface area contributed by atoms with Gasteiger partial charge in [-0.2, -0.15) is 0 Å². The number of hydrogen-bond donors (Lipinski definition) is 1. The van der Waals surface area contributed by atoms with Crippen LogP contribution >= 0.6 is 20.1 Å². The summed E-state index contributed by atoms with van der Waals surface area (Å²) in [7, 11) is 0. The molecule has 2 N–H and O–H groups in total. The second-order valence-electron chi connectivity index (χ2n) is 9.68. The number of aliphatic imine (C=N–C) groups is 1. The summed E-state index contributed by atoms with van der Waals surface area (Å²) in [5, 5.41) is 4.57. The molecule has 4 aliphatic rings. The van der Waals surface area contributed by atoms with Gasteiger partial charge in [0.25, 0.3) is 0 Å². The summed E-state index contributed by atoms with van der Waals surface area (Å²) in [5.74, 6) is 1.24. The number of amides is 1. The van der Waals surface area contributed by atoms with Crippen molar-refractivity contribution in [2.75, 3.05) is 19.6 Å². The van der Waals surface area contributed by atoms with Gasteiger partial charge in [0.2, 0.25) is 0 Å². The van der Waals surface area contributed by atoms with E-state index in [-0.39, 0.29) is 18.0 Å². The van der Waals surface area contributed by atoms with Crippen LogP contribution in [0.25, 0.3) is 0 Å². The number of fused-ring (bicyclic) bond motifs is 1. The van der Waals surface area contributed by atoms with E-state index >= 15 is 0 Å². The third-order valence-corrected chi connectivity index (χ3v) is 11.9. The SMILES string of the molecule is CCCn1nc(C)cc1C(=O)N1CCCC[C@H]1C1=NI2C=C(C)C(N3CC[C@H](N)C3)=NC2C1. The molecule has 180 valence electrons. The molecule has 1 aromatic heterocycles. The number of carbonyl (C=O) groups excluding carboxylic acids is 1. The van der Waals surface area contributed by atoms with Crippen molar-refractivity contribution in [3.8, 4) is 0 Å². The van der Waals surface area contributed by atoms with Crippen molar-refractivity contribution in [1.82, 2.24) is 19.6 Å². The molecule has 0 spiro atoms. The average molecular weight is 566 g/mol. The molecule has 1 unspecified atom stereocenters. The third kappa shape index (κ3) is 4.50. The molecule has 1 aromatic rings. The van der Waals surface area contributed by atoms with Crippen molar-refractivity contribution in [3.05, 3.63) is 27.1 Å². The number of hydrogen-bond acceptors (Lipinski definition) is 6. The molecule has 5 rings (SSSR count). The fraction of sp³-hybridized carbons (Fsp3) is 0.667. The zero-order chi connectivity index (χ0) is 23.1. The van der Waals surface area contributed by atoms with Gasteiger partial charge in [-0.05, 0) is 0 Å². The van der Waals surface area contributed by atoms with Crippen LogP contribution in [0.5, 0.6) is 0 Å². The first-order chi connectivity index (χ1) is 15.9. The molecule has 3 atom stereocenters. The summed E-state index contributed by atoms with van der Waals surface area (Å²) in [6.07, 6.45) is 6.10. The molecule has 2 fully saturated rings. The van der Waals surface area contributed by atoms with Crippen LogP contribution in [0.2, 0.25) is 0 Å². The van der Waals surface area contributed by atoms with Crippen LogP contribution < -0.4 is 5.73 Å². The molecule has 8 nitrogen and oxygen atoms in total. The summed E-state index contributed by atoms with van der Waals surface area (Å²) in [6.45, 7) is 9.73. The minimum atomic E-state index is -1.70. The Morgan fingerprint density at radius 2 is 2.09 bits per heavy atom. The maximum atomic E-state index is 13.7. The number of carbonyl (C=O) groups is 1. The van der Waals surface area contributed by atoms with Crippen molar-refractivity contribution in [2.24, 2.45) is 13.9 Å². The average Bonchev–Trinajstić information content (AvgIpc) is 3.51. The Hall–Kier alpha value is -1.75. The fourth-order valence-electron chi connectivity index (χ4n) is 5.38. The van der Waals surface area contributed by atoms with Gasteiger partial charge in [0.1, 0.15) is 0 Å². The number of rotatable bonds is 4. The summed E-state index contributed by atoms with van der Waals surface area (Å²) in [6, 6.07) is 2.30. The molecule has 0 aromatic carbocycles. The van der Waals surface area contributed by atoms with E-state index in [1.165, 1.54) is 11.3 Å². The van der Waals surface area contributed by atoms with E-state index in [2.05, 4.69) is 32.8 Å².